The van der Waals surface area contributed by atoms with Gasteiger partial charge in [0.25, 0.3) is 11.4 Å². The van der Waals surface area contributed by atoms with Gasteiger partial charge in [-0.2, -0.15) is 11.8 Å². The van der Waals surface area contributed by atoms with E-state index in [1.165, 1.54) is 0 Å². The van der Waals surface area contributed by atoms with E-state index in [0.29, 0.717) is 12.8 Å². The Kier molecular flexibility index (Phi) is 5.68. The summed E-state index contributed by atoms with van der Waals surface area (Å²) in [5.74, 6) is -1.49. The second-order valence-corrected chi connectivity index (χ2v) is 8.01. The van der Waals surface area contributed by atoms with Crippen LogP contribution in [0.15, 0.2) is 18.2 Å². The summed E-state index contributed by atoms with van der Waals surface area (Å²) < 4.78 is 0. The average molecular weight is 410 g/mol. The summed E-state index contributed by atoms with van der Waals surface area (Å²) in [7, 11) is 0. The van der Waals surface area contributed by atoms with Crippen molar-refractivity contribution >= 4 is 35.1 Å². The number of carboxylic acid groups (broad SMARTS) is 1. The maximum atomic E-state index is 11.7. The lowest BCUT2D eigenvalue weighted by molar-refractivity contribution is -0.394. The van der Waals surface area contributed by atoms with Crippen molar-refractivity contribution in [2.24, 2.45) is 0 Å². The number of hydrogen-bond donors (Lipinski definition) is 3. The molecule has 28 heavy (non-hydrogen) atoms. The molecule has 2 fully saturated rings. The number of amides is 2. The minimum Gasteiger partial charge on any atom is -0.481 e. The minimum absolute atomic E-state index is 0.000298. The fourth-order valence-electron chi connectivity index (χ4n) is 3.63. The molecule has 3 N–H and O–H groups in total. The molecule has 0 aliphatic carbocycles. The quantitative estimate of drug-likeness (QED) is 0.332. The third-order valence-electron chi connectivity index (χ3n) is 4.97. The zero-order valence-corrected chi connectivity index (χ0v) is 15.4. The highest BCUT2D eigenvalue weighted by molar-refractivity contribution is 8.00. The van der Waals surface area contributed by atoms with E-state index in [0.717, 1.165) is 24.0 Å². The summed E-state index contributed by atoms with van der Waals surface area (Å²) in [4.78, 5) is 43.6. The van der Waals surface area contributed by atoms with E-state index in [-0.39, 0.29) is 35.3 Å². The van der Waals surface area contributed by atoms with Gasteiger partial charge in [-0.1, -0.05) is 6.42 Å². The Morgan fingerprint density at radius 3 is 2.43 bits per heavy atom. The molecule has 3 rings (SSSR count). The van der Waals surface area contributed by atoms with Crippen LogP contribution in [0.1, 0.15) is 30.7 Å². The molecule has 1 aromatic carbocycles. The molecule has 2 saturated heterocycles. The Morgan fingerprint density at radius 1 is 1.21 bits per heavy atom. The average Bonchev–Trinajstić information content (AvgIpc) is 3.17. The molecule has 11 nitrogen and oxygen atoms in total. The van der Waals surface area contributed by atoms with Crippen LogP contribution in [0.4, 0.5) is 16.2 Å². The first kappa shape index (κ1) is 19.9. The second kappa shape index (κ2) is 8.00. The Labute approximate surface area is 163 Å². The van der Waals surface area contributed by atoms with Gasteiger partial charge in [-0.3, -0.25) is 25.0 Å². The Bertz CT molecular complexity index is 801. The number of carbonyl (C=O) groups is 2. The number of fused-ring (bicyclic) bond motifs is 1. The van der Waals surface area contributed by atoms with E-state index in [1.807, 2.05) is 0 Å². The number of hydrogen-bond acceptors (Lipinski definition) is 7. The zero-order valence-electron chi connectivity index (χ0n) is 14.6. The third-order valence-corrected chi connectivity index (χ3v) is 6.48. The fraction of sp³-hybridized carbons (Fsp3) is 0.500. The van der Waals surface area contributed by atoms with Crippen LogP contribution in [0.3, 0.4) is 0 Å². The number of nitro groups is 2. The topological polar surface area (TPSA) is 165 Å². The van der Waals surface area contributed by atoms with Crippen LogP contribution < -0.4 is 10.6 Å². The molecule has 150 valence electrons. The minimum atomic E-state index is -1.19. The first-order valence-corrected chi connectivity index (χ1v) is 9.66. The number of carbonyl (C=O) groups excluding carboxylic acids is 1. The van der Waals surface area contributed by atoms with Crippen LogP contribution in [0.2, 0.25) is 0 Å². The van der Waals surface area contributed by atoms with Gasteiger partial charge in [0, 0.05) is 23.1 Å². The second-order valence-electron chi connectivity index (χ2n) is 6.74. The van der Waals surface area contributed by atoms with Crippen LogP contribution in [0.25, 0.3) is 0 Å². The maximum absolute atomic E-state index is 11.7. The van der Waals surface area contributed by atoms with Crippen LogP contribution in [-0.2, 0) is 4.79 Å². The number of aliphatic carboxylic acids is 1. The Morgan fingerprint density at radius 2 is 1.86 bits per heavy atom. The summed E-state index contributed by atoms with van der Waals surface area (Å²) in [6.45, 7) is 0. The van der Waals surface area contributed by atoms with E-state index in [2.05, 4.69) is 10.6 Å². The molecule has 2 aliphatic heterocycles. The Balaban J connectivity index is 1.70. The van der Waals surface area contributed by atoms with Crippen molar-refractivity contribution in [2.75, 3.05) is 5.75 Å². The molecule has 0 aromatic heterocycles. The molecule has 0 saturated carbocycles. The SMILES string of the molecule is O=C1N[C@H]2[C@H](CS[C@H]2CCCC(C(=O)O)c2cc([N+](=O)[O-])cc([N+](=O)[O-])c2)N1. The lowest BCUT2D eigenvalue weighted by Crippen LogP contribution is -2.36. The number of thioether (sulfide) groups is 1. The molecule has 1 aromatic rings. The van der Waals surface area contributed by atoms with Gasteiger partial charge in [-0.25, -0.2) is 4.79 Å². The van der Waals surface area contributed by atoms with E-state index < -0.39 is 33.1 Å². The highest BCUT2D eigenvalue weighted by Crippen LogP contribution is 2.35. The number of nitrogens with one attached hydrogen (secondary N) is 2. The van der Waals surface area contributed by atoms with Gasteiger partial charge in [0.1, 0.15) is 0 Å². The summed E-state index contributed by atoms with van der Waals surface area (Å²) in [6.07, 6.45) is 1.35. The summed E-state index contributed by atoms with van der Waals surface area (Å²) >= 11 is 1.70. The normalized spacial score (nSPS) is 24.1. The van der Waals surface area contributed by atoms with Gasteiger partial charge in [0.2, 0.25) is 0 Å². The number of nitro benzene ring substituents is 2. The first-order valence-electron chi connectivity index (χ1n) is 8.61. The molecule has 0 spiro atoms. The predicted octanol–water partition coefficient (Wildman–Crippen LogP) is 2.01. The largest absolute Gasteiger partial charge is 0.481 e. The highest BCUT2D eigenvalue weighted by Gasteiger charge is 2.42. The van der Waals surface area contributed by atoms with Crippen molar-refractivity contribution in [3.63, 3.8) is 0 Å². The van der Waals surface area contributed by atoms with Gasteiger partial charge in [0.15, 0.2) is 0 Å². The smallest absolute Gasteiger partial charge is 0.315 e. The van der Waals surface area contributed by atoms with Crippen molar-refractivity contribution in [1.29, 1.82) is 0 Å². The number of benzene rings is 1. The number of carboxylic acids is 1. The van der Waals surface area contributed by atoms with Crippen molar-refractivity contribution in [3.05, 3.63) is 44.0 Å². The molecular formula is C16H18N4O7S. The molecule has 2 amide bonds. The standard InChI is InChI=1S/C16H18N4O7S/c21-15(22)11(8-4-9(19(24)25)6-10(5-8)20(26)27)2-1-3-13-14-12(7-28-13)17-16(23)18-14/h4-6,11-14H,1-3,7H2,(H,21,22)(H2,17,18,23)/t11?,12-,13-,14-/m0/s1. The first-order chi connectivity index (χ1) is 13.3. The van der Waals surface area contributed by atoms with Gasteiger partial charge >= 0.3 is 12.0 Å². The van der Waals surface area contributed by atoms with Crippen molar-refractivity contribution < 1.29 is 24.5 Å². The van der Waals surface area contributed by atoms with Gasteiger partial charge in [0.05, 0.1) is 33.9 Å². The molecule has 4 atom stereocenters. The van der Waals surface area contributed by atoms with Gasteiger partial charge < -0.3 is 15.7 Å². The van der Waals surface area contributed by atoms with Crippen molar-refractivity contribution in [3.8, 4) is 0 Å². The van der Waals surface area contributed by atoms with E-state index in [1.54, 1.807) is 11.8 Å². The number of urea groups is 1. The van der Waals surface area contributed by atoms with Gasteiger partial charge in [-0.15, -0.1) is 0 Å². The molecule has 0 bridgehead atoms. The molecule has 2 aliphatic rings. The monoisotopic (exact) mass is 410 g/mol. The van der Waals surface area contributed by atoms with Crippen LogP contribution in [0, 0.1) is 20.2 Å². The lowest BCUT2D eigenvalue weighted by atomic mass is 9.91. The van der Waals surface area contributed by atoms with Crippen LogP contribution in [0.5, 0.6) is 0 Å². The molecule has 1 unspecified atom stereocenters. The van der Waals surface area contributed by atoms with Crippen LogP contribution in [-0.4, -0.2) is 50.0 Å². The molecular weight excluding hydrogens is 392 g/mol. The summed E-state index contributed by atoms with van der Waals surface area (Å²) in [6, 6.07) is 2.83. The fourth-order valence-corrected chi connectivity index (χ4v) is 5.17. The van der Waals surface area contributed by atoms with Crippen molar-refractivity contribution in [1.82, 2.24) is 10.6 Å². The maximum Gasteiger partial charge on any atom is 0.315 e. The van der Waals surface area contributed by atoms with Crippen molar-refractivity contribution in [2.45, 2.75) is 42.5 Å². The van der Waals surface area contributed by atoms with E-state index in [4.69, 9.17) is 0 Å². The highest BCUT2D eigenvalue weighted by atomic mass is 32.2. The van der Waals surface area contributed by atoms with Crippen LogP contribution >= 0.6 is 11.8 Å². The van der Waals surface area contributed by atoms with E-state index in [9.17, 15) is 34.9 Å². The number of nitrogens with zero attached hydrogens (tertiary/aromatic N) is 2. The third kappa shape index (κ3) is 4.16. The zero-order chi connectivity index (χ0) is 20.4. The molecule has 12 heteroatoms. The lowest BCUT2D eigenvalue weighted by Gasteiger charge is -2.18. The molecule has 2 heterocycles. The summed E-state index contributed by atoms with van der Waals surface area (Å²) in [5, 5.41) is 37.5. The number of non-ortho nitro benzene ring substituents is 2. The van der Waals surface area contributed by atoms with Gasteiger partial charge in [-0.05, 0) is 18.4 Å². The number of rotatable bonds is 8. The predicted molar refractivity (Wildman–Crippen MR) is 99.5 cm³/mol. The van der Waals surface area contributed by atoms with E-state index >= 15 is 0 Å². The molecule has 0 radical (unpaired) electrons. The Hall–Kier alpha value is -2.89. The summed E-state index contributed by atoms with van der Waals surface area (Å²) in [5.41, 5.74) is -0.977.